The van der Waals surface area contributed by atoms with E-state index < -0.39 is 0 Å². The normalized spacial score (nSPS) is 18.4. The molecule has 4 heteroatoms. The second kappa shape index (κ2) is 7.46. The molecule has 1 heterocycles. The number of carbonyl (C=O) groups excluding carboxylic acids is 1. The van der Waals surface area contributed by atoms with Crippen LogP contribution in [0.1, 0.15) is 38.2 Å². The number of hydrogen-bond donors (Lipinski definition) is 2. The van der Waals surface area contributed by atoms with E-state index in [1.165, 1.54) is 12.8 Å². The van der Waals surface area contributed by atoms with Gasteiger partial charge in [-0.25, -0.2) is 0 Å². The van der Waals surface area contributed by atoms with Gasteiger partial charge in [0.15, 0.2) is 0 Å². The number of benzene rings is 1. The van der Waals surface area contributed by atoms with Crippen molar-refractivity contribution < 1.29 is 4.79 Å². The molecule has 1 fully saturated rings. The van der Waals surface area contributed by atoms with Crippen molar-refractivity contribution in [2.45, 2.75) is 32.6 Å². The number of rotatable bonds is 5. The number of amides is 1. The third-order valence-corrected chi connectivity index (χ3v) is 4.52. The Morgan fingerprint density at radius 3 is 2.76 bits per heavy atom. The molecule has 1 amide bonds. The molecular formula is C17H27N3O. The summed E-state index contributed by atoms with van der Waals surface area (Å²) in [6, 6.07) is 7.58. The van der Waals surface area contributed by atoms with Crippen LogP contribution >= 0.6 is 0 Å². The fourth-order valence-electron chi connectivity index (χ4n) is 2.88. The number of nitrogens with one attached hydrogen (secondary N) is 1. The van der Waals surface area contributed by atoms with Crippen molar-refractivity contribution in [3.8, 4) is 0 Å². The minimum atomic E-state index is -0.149. The summed E-state index contributed by atoms with van der Waals surface area (Å²) in [6.07, 6.45) is 2.36. The number of nitrogens with zero attached hydrogens (tertiary/aromatic N) is 1. The van der Waals surface area contributed by atoms with Gasteiger partial charge in [0, 0.05) is 12.2 Å². The molecule has 0 bridgehead atoms. The maximum absolute atomic E-state index is 12.3. The zero-order valence-electron chi connectivity index (χ0n) is 13.1. The third-order valence-electron chi connectivity index (χ3n) is 4.52. The monoisotopic (exact) mass is 289 g/mol. The number of piperidine rings is 1. The number of anilines is 1. The van der Waals surface area contributed by atoms with Crippen LogP contribution < -0.4 is 11.1 Å². The molecule has 1 unspecified atom stereocenters. The van der Waals surface area contributed by atoms with Gasteiger partial charge in [0.25, 0.3) is 0 Å². The van der Waals surface area contributed by atoms with E-state index in [2.05, 4.69) is 17.1 Å². The third kappa shape index (κ3) is 4.46. The molecule has 1 aliphatic heterocycles. The summed E-state index contributed by atoms with van der Waals surface area (Å²) in [7, 11) is 0. The van der Waals surface area contributed by atoms with Crippen molar-refractivity contribution in [2.24, 2.45) is 5.92 Å². The molecule has 1 saturated heterocycles. The Morgan fingerprint density at radius 2 is 2.14 bits per heavy atom. The van der Waals surface area contributed by atoms with Crippen LogP contribution in [0.3, 0.4) is 0 Å². The highest BCUT2D eigenvalue weighted by Gasteiger charge is 2.20. The predicted octanol–water partition coefficient (Wildman–Crippen LogP) is 2.22. The first-order chi connectivity index (χ1) is 10.1. The van der Waals surface area contributed by atoms with E-state index in [1.54, 1.807) is 0 Å². The molecule has 21 heavy (non-hydrogen) atoms. The first kappa shape index (κ1) is 15.8. The number of nitrogen functional groups attached to an aromatic ring is 1. The fourth-order valence-corrected chi connectivity index (χ4v) is 2.88. The molecule has 4 nitrogen and oxygen atoms in total. The van der Waals surface area contributed by atoms with Crippen LogP contribution in [0.4, 0.5) is 5.69 Å². The van der Waals surface area contributed by atoms with Gasteiger partial charge in [-0.3, -0.25) is 4.79 Å². The molecule has 1 aliphatic rings. The van der Waals surface area contributed by atoms with Gasteiger partial charge >= 0.3 is 0 Å². The standard InChI is InChI=1S/C17H27N3O/c1-3-20-9-7-14(8-10-20)12-19-17(21)13(2)15-5-4-6-16(18)11-15/h4-6,11,13-14H,3,7-10,12,18H2,1-2H3,(H,19,21). The average molecular weight is 289 g/mol. The quantitative estimate of drug-likeness (QED) is 0.817. The Kier molecular flexibility index (Phi) is 5.62. The highest BCUT2D eigenvalue weighted by molar-refractivity contribution is 5.83. The van der Waals surface area contributed by atoms with Gasteiger partial charge in [0.1, 0.15) is 0 Å². The lowest BCUT2D eigenvalue weighted by molar-refractivity contribution is -0.122. The number of hydrogen-bond acceptors (Lipinski definition) is 3. The number of carbonyl (C=O) groups is 1. The van der Waals surface area contributed by atoms with Crippen LogP contribution in [0.5, 0.6) is 0 Å². The van der Waals surface area contributed by atoms with E-state index in [-0.39, 0.29) is 11.8 Å². The summed E-state index contributed by atoms with van der Waals surface area (Å²) in [5, 5.41) is 3.10. The Hall–Kier alpha value is -1.55. The van der Waals surface area contributed by atoms with Crippen molar-refractivity contribution in [3.63, 3.8) is 0 Å². The maximum Gasteiger partial charge on any atom is 0.227 e. The lowest BCUT2D eigenvalue weighted by Gasteiger charge is -2.31. The van der Waals surface area contributed by atoms with E-state index in [4.69, 9.17) is 5.73 Å². The van der Waals surface area contributed by atoms with Crippen LogP contribution in [0, 0.1) is 5.92 Å². The molecule has 0 aromatic heterocycles. The largest absolute Gasteiger partial charge is 0.399 e. The molecule has 0 radical (unpaired) electrons. The summed E-state index contributed by atoms with van der Waals surface area (Å²) in [5.74, 6) is 0.563. The minimum Gasteiger partial charge on any atom is -0.399 e. The smallest absolute Gasteiger partial charge is 0.227 e. The van der Waals surface area contributed by atoms with Gasteiger partial charge < -0.3 is 16.0 Å². The van der Waals surface area contributed by atoms with Gasteiger partial charge in [-0.2, -0.15) is 0 Å². The topological polar surface area (TPSA) is 58.4 Å². The summed E-state index contributed by atoms with van der Waals surface area (Å²) < 4.78 is 0. The number of likely N-dealkylation sites (tertiary alicyclic amines) is 1. The molecule has 2 rings (SSSR count). The fraction of sp³-hybridized carbons (Fsp3) is 0.588. The highest BCUT2D eigenvalue weighted by Crippen LogP contribution is 2.19. The van der Waals surface area contributed by atoms with Crippen molar-refractivity contribution in [1.29, 1.82) is 0 Å². The maximum atomic E-state index is 12.3. The minimum absolute atomic E-state index is 0.0959. The van der Waals surface area contributed by atoms with Crippen LogP contribution in [0.2, 0.25) is 0 Å². The van der Waals surface area contributed by atoms with Crippen molar-refractivity contribution in [1.82, 2.24) is 10.2 Å². The van der Waals surface area contributed by atoms with Crippen LogP contribution in [-0.2, 0) is 4.79 Å². The SMILES string of the molecule is CCN1CCC(CNC(=O)C(C)c2cccc(N)c2)CC1. The van der Waals surface area contributed by atoms with Crippen molar-refractivity contribution in [3.05, 3.63) is 29.8 Å². The van der Waals surface area contributed by atoms with Gasteiger partial charge in [-0.1, -0.05) is 19.1 Å². The lowest BCUT2D eigenvalue weighted by atomic mass is 9.95. The van der Waals surface area contributed by atoms with E-state index >= 15 is 0 Å². The van der Waals surface area contributed by atoms with Crippen molar-refractivity contribution >= 4 is 11.6 Å². The lowest BCUT2D eigenvalue weighted by Crippen LogP contribution is -2.39. The molecule has 0 spiro atoms. The van der Waals surface area contributed by atoms with E-state index in [1.807, 2.05) is 31.2 Å². The summed E-state index contributed by atoms with van der Waals surface area (Å²) >= 11 is 0. The molecular weight excluding hydrogens is 262 g/mol. The number of nitrogens with two attached hydrogens (primary N) is 1. The average Bonchev–Trinajstić information content (AvgIpc) is 2.52. The van der Waals surface area contributed by atoms with Crippen LogP contribution in [0.15, 0.2) is 24.3 Å². The van der Waals surface area contributed by atoms with Gasteiger partial charge in [0.05, 0.1) is 5.92 Å². The van der Waals surface area contributed by atoms with Crippen molar-refractivity contribution in [2.75, 3.05) is 31.9 Å². The summed E-state index contributed by atoms with van der Waals surface area (Å²) in [4.78, 5) is 14.7. The van der Waals surface area contributed by atoms with Crippen LogP contribution in [-0.4, -0.2) is 37.0 Å². The summed E-state index contributed by atoms with van der Waals surface area (Å²) in [6.45, 7) is 8.37. The molecule has 116 valence electrons. The highest BCUT2D eigenvalue weighted by atomic mass is 16.1. The van der Waals surface area contributed by atoms with E-state index in [0.717, 1.165) is 31.7 Å². The molecule has 1 aromatic carbocycles. The molecule has 1 aromatic rings. The molecule has 3 N–H and O–H groups in total. The molecule has 0 saturated carbocycles. The zero-order valence-corrected chi connectivity index (χ0v) is 13.1. The first-order valence-electron chi connectivity index (χ1n) is 7.95. The van der Waals surface area contributed by atoms with Gasteiger partial charge in [0.2, 0.25) is 5.91 Å². The predicted molar refractivity (Wildman–Crippen MR) is 87.1 cm³/mol. The molecule has 0 aliphatic carbocycles. The Bertz CT molecular complexity index is 467. The van der Waals surface area contributed by atoms with Crippen LogP contribution in [0.25, 0.3) is 0 Å². The second-order valence-corrected chi connectivity index (χ2v) is 6.01. The second-order valence-electron chi connectivity index (χ2n) is 6.01. The van der Waals surface area contributed by atoms with E-state index in [9.17, 15) is 4.79 Å². The Balaban J connectivity index is 1.79. The Labute approximate surface area is 127 Å². The summed E-state index contributed by atoms with van der Waals surface area (Å²) in [5.41, 5.74) is 7.46. The zero-order chi connectivity index (χ0) is 15.2. The van der Waals surface area contributed by atoms with E-state index in [0.29, 0.717) is 11.6 Å². The molecule has 1 atom stereocenters. The van der Waals surface area contributed by atoms with Gasteiger partial charge in [-0.05, 0) is 63.0 Å². The first-order valence-corrected chi connectivity index (χ1v) is 7.95. The Morgan fingerprint density at radius 1 is 1.43 bits per heavy atom. The van der Waals surface area contributed by atoms with Gasteiger partial charge in [-0.15, -0.1) is 0 Å².